The van der Waals surface area contributed by atoms with Crippen molar-refractivity contribution in [1.82, 2.24) is 0 Å². The fraction of sp³-hybridized carbons (Fsp3) is 0.400. The van der Waals surface area contributed by atoms with Gasteiger partial charge in [0, 0.05) is 29.0 Å². The zero-order valence-corrected chi connectivity index (χ0v) is 17.4. The number of aryl methyl sites for hydroxylation is 1. The first kappa shape index (κ1) is 19.5. The van der Waals surface area contributed by atoms with Crippen LogP contribution in [0.5, 0.6) is 0 Å². The largest absolute Gasteiger partial charge is 0.381 e. The molecule has 0 aliphatic heterocycles. The number of sulfone groups is 1. The van der Waals surface area contributed by atoms with Crippen molar-refractivity contribution in [2.45, 2.75) is 29.9 Å². The Kier molecular flexibility index (Phi) is 5.58. The highest BCUT2D eigenvalue weighted by Crippen LogP contribution is 2.63. The van der Waals surface area contributed by atoms with Crippen LogP contribution in [0.1, 0.15) is 24.0 Å². The van der Waals surface area contributed by atoms with Gasteiger partial charge in [-0.1, -0.05) is 45.8 Å². The molecular formula is C20H24BrNO3S. The first-order valence-corrected chi connectivity index (χ1v) is 11.0. The summed E-state index contributed by atoms with van der Waals surface area (Å²) in [5.74, 6) is -0.168. The van der Waals surface area contributed by atoms with Crippen LogP contribution in [0.2, 0.25) is 0 Å². The standard InChI is InChI=1S/C20H24BrNO3S/c1-3-25-13-20(12-22)18(15-6-8-16(21)9-7-15)19(20)26(23,24)17-10-4-14(2)5-11-17/h4-11,18-19H,3,12-13,22H2,1-2H3/t18-,19-,20+/m0/s1. The lowest BCUT2D eigenvalue weighted by Crippen LogP contribution is -2.29. The number of halogens is 1. The molecule has 0 amide bonds. The van der Waals surface area contributed by atoms with Crippen molar-refractivity contribution in [1.29, 1.82) is 0 Å². The summed E-state index contributed by atoms with van der Waals surface area (Å²) in [4.78, 5) is 0.349. The highest BCUT2D eigenvalue weighted by Gasteiger charge is 2.70. The topological polar surface area (TPSA) is 69.4 Å². The van der Waals surface area contributed by atoms with Crippen LogP contribution in [-0.2, 0) is 14.6 Å². The molecule has 1 aliphatic carbocycles. The van der Waals surface area contributed by atoms with Gasteiger partial charge in [0.05, 0.1) is 16.8 Å². The molecule has 6 heteroatoms. The third-order valence-electron chi connectivity index (χ3n) is 5.25. The molecule has 0 radical (unpaired) electrons. The molecule has 0 heterocycles. The Morgan fingerprint density at radius 1 is 1.12 bits per heavy atom. The van der Waals surface area contributed by atoms with Gasteiger partial charge in [-0.3, -0.25) is 0 Å². The Labute approximate surface area is 163 Å². The molecule has 2 aromatic carbocycles. The molecule has 0 unspecified atom stereocenters. The fourth-order valence-corrected chi connectivity index (χ4v) is 6.47. The van der Waals surface area contributed by atoms with E-state index in [4.69, 9.17) is 10.5 Å². The Morgan fingerprint density at radius 2 is 1.73 bits per heavy atom. The van der Waals surface area contributed by atoms with Gasteiger partial charge in [-0.2, -0.15) is 0 Å². The van der Waals surface area contributed by atoms with Gasteiger partial charge >= 0.3 is 0 Å². The summed E-state index contributed by atoms with van der Waals surface area (Å²) in [6, 6.07) is 14.8. The summed E-state index contributed by atoms with van der Waals surface area (Å²) < 4.78 is 33.4. The van der Waals surface area contributed by atoms with Gasteiger partial charge in [-0.05, 0) is 43.7 Å². The molecule has 1 saturated carbocycles. The summed E-state index contributed by atoms with van der Waals surface area (Å²) in [7, 11) is -3.51. The zero-order valence-electron chi connectivity index (χ0n) is 15.0. The molecule has 26 heavy (non-hydrogen) atoms. The summed E-state index contributed by atoms with van der Waals surface area (Å²) in [5, 5.41) is -0.574. The molecule has 140 valence electrons. The molecule has 0 saturated heterocycles. The highest BCUT2D eigenvalue weighted by molar-refractivity contribution is 9.10. The lowest BCUT2D eigenvalue weighted by Gasteiger charge is -2.16. The average molecular weight is 438 g/mol. The molecule has 4 nitrogen and oxygen atoms in total. The van der Waals surface area contributed by atoms with Crippen LogP contribution in [0.25, 0.3) is 0 Å². The monoisotopic (exact) mass is 437 g/mol. The maximum absolute atomic E-state index is 13.4. The predicted molar refractivity (Wildman–Crippen MR) is 107 cm³/mol. The molecule has 1 fully saturated rings. The van der Waals surface area contributed by atoms with E-state index in [2.05, 4.69) is 15.9 Å². The highest BCUT2D eigenvalue weighted by atomic mass is 79.9. The fourth-order valence-electron chi connectivity index (χ4n) is 3.76. The van der Waals surface area contributed by atoms with Crippen molar-refractivity contribution >= 4 is 25.8 Å². The Bertz CT molecular complexity index is 865. The molecule has 1 aliphatic rings. The van der Waals surface area contributed by atoms with E-state index in [1.807, 2.05) is 50.2 Å². The van der Waals surface area contributed by atoms with Crippen LogP contribution in [0.3, 0.4) is 0 Å². The SMILES string of the molecule is CCOC[C@]1(CN)[C@@H](c2ccc(Br)cc2)[C@@H]1S(=O)(=O)c1ccc(C)cc1. The Balaban J connectivity index is 2.03. The van der Waals surface area contributed by atoms with Crippen LogP contribution in [0.4, 0.5) is 0 Å². The number of hydrogen-bond donors (Lipinski definition) is 1. The smallest absolute Gasteiger partial charge is 0.182 e. The van der Waals surface area contributed by atoms with E-state index in [1.54, 1.807) is 12.1 Å². The van der Waals surface area contributed by atoms with Gasteiger partial charge in [0.1, 0.15) is 0 Å². The molecule has 0 aromatic heterocycles. The van der Waals surface area contributed by atoms with E-state index >= 15 is 0 Å². The maximum Gasteiger partial charge on any atom is 0.182 e. The quantitative estimate of drug-likeness (QED) is 0.716. The summed E-state index contributed by atoms with van der Waals surface area (Å²) in [6.07, 6.45) is 0. The van der Waals surface area contributed by atoms with E-state index in [-0.39, 0.29) is 12.5 Å². The number of benzene rings is 2. The molecule has 2 N–H and O–H groups in total. The zero-order chi connectivity index (χ0) is 18.9. The molecule has 0 bridgehead atoms. The van der Waals surface area contributed by atoms with Gasteiger partial charge in [-0.25, -0.2) is 8.42 Å². The molecule has 3 atom stereocenters. The summed E-state index contributed by atoms with van der Waals surface area (Å²) in [6.45, 7) is 4.99. The van der Waals surface area contributed by atoms with E-state index in [0.717, 1.165) is 15.6 Å². The van der Waals surface area contributed by atoms with Crippen LogP contribution in [-0.4, -0.2) is 33.4 Å². The number of rotatable bonds is 7. The minimum Gasteiger partial charge on any atom is -0.381 e. The third kappa shape index (κ3) is 3.36. The van der Waals surface area contributed by atoms with E-state index in [9.17, 15) is 8.42 Å². The van der Waals surface area contributed by atoms with Crippen molar-refractivity contribution in [3.63, 3.8) is 0 Å². The van der Waals surface area contributed by atoms with Gasteiger partial charge in [-0.15, -0.1) is 0 Å². The lowest BCUT2D eigenvalue weighted by molar-refractivity contribution is 0.101. The van der Waals surface area contributed by atoms with Crippen molar-refractivity contribution in [3.05, 3.63) is 64.1 Å². The van der Waals surface area contributed by atoms with Crippen molar-refractivity contribution in [3.8, 4) is 0 Å². The summed E-state index contributed by atoms with van der Waals surface area (Å²) in [5.41, 5.74) is 7.53. The normalized spacial score (nSPS) is 25.2. The van der Waals surface area contributed by atoms with Crippen LogP contribution >= 0.6 is 15.9 Å². The van der Waals surface area contributed by atoms with E-state index < -0.39 is 20.5 Å². The van der Waals surface area contributed by atoms with Crippen LogP contribution < -0.4 is 5.73 Å². The Morgan fingerprint density at radius 3 is 2.27 bits per heavy atom. The third-order valence-corrected chi connectivity index (χ3v) is 8.12. The van der Waals surface area contributed by atoms with E-state index in [0.29, 0.717) is 18.1 Å². The second kappa shape index (κ2) is 7.43. The van der Waals surface area contributed by atoms with Gasteiger partial charge in [0.25, 0.3) is 0 Å². The molecular weight excluding hydrogens is 414 g/mol. The van der Waals surface area contributed by atoms with Gasteiger partial charge in [0.2, 0.25) is 0 Å². The first-order chi connectivity index (χ1) is 12.4. The lowest BCUT2D eigenvalue weighted by atomic mass is 10.00. The summed E-state index contributed by atoms with van der Waals surface area (Å²) >= 11 is 3.43. The van der Waals surface area contributed by atoms with Crippen LogP contribution in [0.15, 0.2) is 57.9 Å². The maximum atomic E-state index is 13.4. The van der Waals surface area contributed by atoms with Crippen molar-refractivity contribution in [2.75, 3.05) is 19.8 Å². The predicted octanol–water partition coefficient (Wildman–Crippen LogP) is 3.68. The van der Waals surface area contributed by atoms with Gasteiger partial charge in [0.15, 0.2) is 9.84 Å². The number of hydrogen-bond acceptors (Lipinski definition) is 4. The minimum absolute atomic E-state index is 0.168. The first-order valence-electron chi connectivity index (χ1n) is 8.70. The second-order valence-corrected chi connectivity index (χ2v) is 9.87. The number of ether oxygens (including phenoxy) is 1. The molecule has 0 spiro atoms. The second-order valence-electron chi connectivity index (χ2n) is 6.88. The van der Waals surface area contributed by atoms with Crippen molar-refractivity contribution in [2.24, 2.45) is 11.1 Å². The molecule has 3 rings (SSSR count). The minimum atomic E-state index is -3.51. The Hall–Kier alpha value is -1.21. The van der Waals surface area contributed by atoms with Crippen molar-refractivity contribution < 1.29 is 13.2 Å². The molecule has 2 aromatic rings. The van der Waals surface area contributed by atoms with Crippen LogP contribution in [0, 0.1) is 12.3 Å². The number of nitrogens with two attached hydrogens (primary N) is 1. The van der Waals surface area contributed by atoms with E-state index in [1.165, 1.54) is 0 Å². The van der Waals surface area contributed by atoms with Gasteiger partial charge < -0.3 is 10.5 Å². The average Bonchev–Trinajstić information content (AvgIpc) is 3.31.